The molecule has 7 nitrogen and oxygen atoms in total. The summed E-state index contributed by atoms with van der Waals surface area (Å²) in [6, 6.07) is 0.536. The van der Waals surface area contributed by atoms with E-state index in [4.69, 9.17) is 15.3 Å². The van der Waals surface area contributed by atoms with E-state index < -0.39 is 0 Å². The van der Waals surface area contributed by atoms with Crippen LogP contribution in [0.25, 0.3) is 0 Å². The van der Waals surface area contributed by atoms with E-state index in [0.717, 1.165) is 51.1 Å². The second kappa shape index (κ2) is 8.29. The summed E-state index contributed by atoms with van der Waals surface area (Å²) in [6.07, 6.45) is 4.81. The van der Waals surface area contributed by atoms with Gasteiger partial charge in [-0.1, -0.05) is 19.0 Å². The van der Waals surface area contributed by atoms with E-state index in [-0.39, 0.29) is 5.92 Å². The maximum atomic E-state index is 8.72. The monoisotopic (exact) mass is 360 g/mol. The van der Waals surface area contributed by atoms with Crippen molar-refractivity contribution in [3.8, 4) is 0 Å². The molecule has 0 spiro atoms. The van der Waals surface area contributed by atoms with Crippen molar-refractivity contribution in [2.75, 3.05) is 19.6 Å². The molecule has 2 aliphatic rings. The van der Waals surface area contributed by atoms with E-state index in [1.165, 1.54) is 0 Å². The normalized spacial score (nSPS) is 19.8. The molecule has 2 fully saturated rings. The van der Waals surface area contributed by atoms with Gasteiger partial charge in [0, 0.05) is 37.2 Å². The van der Waals surface area contributed by atoms with Gasteiger partial charge in [0.25, 0.3) is 0 Å². The highest BCUT2D eigenvalue weighted by Crippen LogP contribution is 2.39. The van der Waals surface area contributed by atoms with E-state index >= 15 is 0 Å². The van der Waals surface area contributed by atoms with Crippen LogP contribution < -0.4 is 5.32 Å². The molecule has 144 valence electrons. The third-order valence-corrected chi connectivity index (χ3v) is 5.19. The molecule has 2 heterocycles. The fourth-order valence-electron chi connectivity index (χ4n) is 3.45. The maximum Gasteiger partial charge on any atom is 0.237 e. The van der Waals surface area contributed by atoms with Gasteiger partial charge < -0.3 is 20.1 Å². The summed E-state index contributed by atoms with van der Waals surface area (Å²) in [7, 11) is 0. The van der Waals surface area contributed by atoms with Crippen LogP contribution in [0.4, 0.5) is 0 Å². The Bertz CT molecular complexity index is 628. The number of aromatic nitrogens is 2. The number of nitrogens with zero attached hydrogens (tertiary/aromatic N) is 3. The van der Waals surface area contributed by atoms with Crippen molar-refractivity contribution in [3.05, 3.63) is 11.7 Å². The minimum absolute atomic E-state index is 0.298. The van der Waals surface area contributed by atoms with Crippen molar-refractivity contribution in [2.45, 2.75) is 70.8 Å². The minimum Gasteiger partial charge on any atom is -0.360 e. The van der Waals surface area contributed by atoms with Crippen LogP contribution in [0.15, 0.2) is 4.52 Å². The first-order valence-electron chi connectivity index (χ1n) is 9.88. The SMILES string of the molecule is CC(=N)CC(C(=N)N1CCC(NCC(C)C)CC1)c1nc(C2CC2)no1. The Morgan fingerprint density at radius 2 is 1.92 bits per heavy atom. The van der Waals surface area contributed by atoms with Gasteiger partial charge in [0.05, 0.1) is 0 Å². The Balaban J connectivity index is 1.61. The molecule has 1 saturated heterocycles. The average molecular weight is 361 g/mol. The lowest BCUT2D eigenvalue weighted by Gasteiger charge is -2.36. The van der Waals surface area contributed by atoms with Crippen LogP contribution in [0.5, 0.6) is 0 Å². The van der Waals surface area contributed by atoms with Crippen LogP contribution in [0.1, 0.15) is 76.4 Å². The quantitative estimate of drug-likeness (QED) is 0.488. The van der Waals surface area contributed by atoms with Crippen molar-refractivity contribution in [2.24, 2.45) is 5.92 Å². The number of rotatable bonds is 8. The van der Waals surface area contributed by atoms with Crippen LogP contribution >= 0.6 is 0 Å². The lowest BCUT2D eigenvalue weighted by molar-refractivity contribution is 0.266. The molecule has 7 heteroatoms. The predicted molar refractivity (Wildman–Crippen MR) is 102 cm³/mol. The van der Waals surface area contributed by atoms with Crippen molar-refractivity contribution in [1.82, 2.24) is 20.4 Å². The summed E-state index contributed by atoms with van der Waals surface area (Å²) in [6.45, 7) is 9.01. The Labute approximate surface area is 155 Å². The van der Waals surface area contributed by atoms with Gasteiger partial charge in [0.1, 0.15) is 11.8 Å². The summed E-state index contributed by atoms with van der Waals surface area (Å²) in [5.74, 6) is 2.59. The highest BCUT2D eigenvalue weighted by molar-refractivity contribution is 5.91. The first kappa shape index (κ1) is 19.0. The van der Waals surface area contributed by atoms with Crippen LogP contribution in [0, 0.1) is 16.7 Å². The van der Waals surface area contributed by atoms with Gasteiger partial charge in [-0.15, -0.1) is 0 Å². The average Bonchev–Trinajstić information content (AvgIpc) is 3.35. The zero-order chi connectivity index (χ0) is 18.7. The Morgan fingerprint density at radius 1 is 1.23 bits per heavy atom. The number of nitrogens with one attached hydrogen (secondary N) is 3. The van der Waals surface area contributed by atoms with Crippen LogP contribution in [0.2, 0.25) is 0 Å². The fraction of sp³-hybridized carbons (Fsp3) is 0.789. The highest BCUT2D eigenvalue weighted by Gasteiger charge is 2.33. The van der Waals surface area contributed by atoms with E-state index in [1.54, 1.807) is 6.92 Å². The molecule has 1 aromatic heterocycles. The summed E-state index contributed by atoms with van der Waals surface area (Å²) in [5.41, 5.74) is 0.541. The molecule has 1 aliphatic carbocycles. The fourth-order valence-corrected chi connectivity index (χ4v) is 3.45. The van der Waals surface area contributed by atoms with Gasteiger partial charge >= 0.3 is 0 Å². The standard InChI is InChI=1S/C19H32N6O/c1-12(2)11-22-15-6-8-25(9-7-15)17(21)16(10-13(3)20)19-23-18(24-26-19)14-4-5-14/h12,14-16,20-22H,4-11H2,1-3H3. The van der Waals surface area contributed by atoms with Gasteiger partial charge in [-0.05, 0) is 45.1 Å². The van der Waals surface area contributed by atoms with E-state index in [9.17, 15) is 0 Å². The molecule has 0 bridgehead atoms. The highest BCUT2D eigenvalue weighted by atomic mass is 16.5. The lowest BCUT2D eigenvalue weighted by Crippen LogP contribution is -2.47. The molecule has 1 saturated carbocycles. The molecular weight excluding hydrogens is 328 g/mol. The second-order valence-electron chi connectivity index (χ2n) is 8.25. The zero-order valence-electron chi connectivity index (χ0n) is 16.2. The molecule has 0 radical (unpaired) electrons. The summed E-state index contributed by atoms with van der Waals surface area (Å²) >= 11 is 0. The largest absolute Gasteiger partial charge is 0.360 e. The second-order valence-corrected chi connectivity index (χ2v) is 8.25. The topological polar surface area (TPSA) is 102 Å². The van der Waals surface area contributed by atoms with Crippen molar-refractivity contribution < 1.29 is 4.52 Å². The van der Waals surface area contributed by atoms with Crippen LogP contribution in [-0.4, -0.2) is 52.3 Å². The first-order chi connectivity index (χ1) is 12.4. The first-order valence-corrected chi connectivity index (χ1v) is 9.88. The third-order valence-electron chi connectivity index (χ3n) is 5.19. The number of hydrogen-bond donors (Lipinski definition) is 3. The molecule has 0 amide bonds. The van der Waals surface area contributed by atoms with E-state index in [0.29, 0.717) is 41.7 Å². The van der Waals surface area contributed by atoms with E-state index in [2.05, 4.69) is 34.2 Å². The van der Waals surface area contributed by atoms with E-state index in [1.807, 2.05) is 0 Å². The van der Waals surface area contributed by atoms with Gasteiger partial charge in [-0.25, -0.2) is 0 Å². The van der Waals surface area contributed by atoms with Gasteiger partial charge in [0.15, 0.2) is 5.82 Å². The zero-order valence-corrected chi connectivity index (χ0v) is 16.2. The summed E-state index contributed by atoms with van der Waals surface area (Å²) in [5, 5.41) is 24.3. The number of hydrogen-bond acceptors (Lipinski definition) is 6. The Morgan fingerprint density at radius 3 is 2.50 bits per heavy atom. The number of piperidine rings is 1. The molecule has 3 rings (SSSR count). The summed E-state index contributed by atoms with van der Waals surface area (Å²) in [4.78, 5) is 6.68. The number of amidine groups is 1. The Hall–Kier alpha value is -1.76. The molecule has 1 aromatic rings. The predicted octanol–water partition coefficient (Wildman–Crippen LogP) is 3.15. The molecule has 26 heavy (non-hydrogen) atoms. The molecule has 0 aromatic carbocycles. The van der Waals surface area contributed by atoms with Crippen LogP contribution in [-0.2, 0) is 0 Å². The lowest BCUT2D eigenvalue weighted by atomic mass is 9.97. The molecule has 1 atom stereocenters. The maximum absolute atomic E-state index is 8.72. The molecule has 1 aliphatic heterocycles. The minimum atomic E-state index is -0.298. The smallest absolute Gasteiger partial charge is 0.237 e. The third kappa shape index (κ3) is 4.90. The Kier molecular flexibility index (Phi) is 6.06. The van der Waals surface area contributed by atoms with Gasteiger partial charge in [-0.2, -0.15) is 4.98 Å². The van der Waals surface area contributed by atoms with Gasteiger partial charge in [-0.3, -0.25) is 5.41 Å². The van der Waals surface area contributed by atoms with Crippen molar-refractivity contribution >= 4 is 11.5 Å². The van der Waals surface area contributed by atoms with Crippen LogP contribution in [0.3, 0.4) is 0 Å². The van der Waals surface area contributed by atoms with Gasteiger partial charge in [0.2, 0.25) is 5.89 Å². The molecular formula is C19H32N6O. The summed E-state index contributed by atoms with van der Waals surface area (Å²) < 4.78 is 5.49. The number of likely N-dealkylation sites (tertiary alicyclic amines) is 1. The molecule has 3 N–H and O–H groups in total. The van der Waals surface area contributed by atoms with Crippen molar-refractivity contribution in [1.29, 1.82) is 10.8 Å². The van der Waals surface area contributed by atoms with Crippen molar-refractivity contribution in [3.63, 3.8) is 0 Å². The molecule has 1 unspecified atom stereocenters.